The lowest BCUT2D eigenvalue weighted by Gasteiger charge is -2.35. The van der Waals surface area contributed by atoms with Crippen molar-refractivity contribution >= 4 is 23.4 Å². The summed E-state index contributed by atoms with van der Waals surface area (Å²) in [5, 5.41) is 11.0. The summed E-state index contributed by atoms with van der Waals surface area (Å²) in [6.45, 7) is 3.13. The highest BCUT2D eigenvalue weighted by atomic mass is 19.1. The van der Waals surface area contributed by atoms with E-state index >= 15 is 0 Å². The molecule has 0 bridgehead atoms. The van der Waals surface area contributed by atoms with Gasteiger partial charge in [-0.15, -0.1) is 5.10 Å². The molecule has 9 heteroatoms. The number of halogens is 1. The second kappa shape index (κ2) is 7.26. The molecule has 0 aliphatic carbocycles. The Hall–Kier alpha value is -3.36. The van der Waals surface area contributed by atoms with Crippen molar-refractivity contribution in [2.45, 2.75) is 0 Å². The smallest absolute Gasteiger partial charge is 0.249 e. The summed E-state index contributed by atoms with van der Waals surface area (Å²) >= 11 is 0. The molecule has 3 aromatic rings. The van der Waals surface area contributed by atoms with Crippen molar-refractivity contribution in [1.29, 1.82) is 0 Å². The number of rotatable bonds is 4. The van der Waals surface area contributed by atoms with E-state index in [2.05, 4.69) is 40.3 Å². The Kier molecular flexibility index (Phi) is 4.50. The number of nitrogens with zero attached hydrogens (tertiary/aromatic N) is 7. The maximum Gasteiger partial charge on any atom is 0.249 e. The Morgan fingerprint density at radius 2 is 1.73 bits per heavy atom. The summed E-state index contributed by atoms with van der Waals surface area (Å²) in [5.41, 5.74) is 0.579. The minimum atomic E-state index is -0.321. The van der Waals surface area contributed by atoms with Crippen LogP contribution in [0.5, 0.6) is 0 Å². The van der Waals surface area contributed by atoms with Crippen LogP contribution < -0.4 is 15.1 Å². The predicted octanol–water partition coefficient (Wildman–Crippen LogP) is 1.87. The molecular weight excluding hydrogens is 335 g/mol. The van der Waals surface area contributed by atoms with E-state index in [4.69, 9.17) is 0 Å². The average Bonchev–Trinajstić information content (AvgIpc) is 2.69. The van der Waals surface area contributed by atoms with Crippen molar-refractivity contribution in [3.63, 3.8) is 0 Å². The fourth-order valence-corrected chi connectivity index (χ4v) is 2.79. The third-order valence-electron chi connectivity index (χ3n) is 4.07. The fraction of sp³-hybridized carbons (Fsp3) is 0.235. The van der Waals surface area contributed by atoms with Crippen molar-refractivity contribution < 1.29 is 4.39 Å². The molecule has 0 spiro atoms. The molecule has 0 radical (unpaired) electrons. The number of hydrogen-bond acceptors (Lipinski definition) is 8. The monoisotopic (exact) mass is 352 g/mol. The normalized spacial score (nSPS) is 14.3. The van der Waals surface area contributed by atoms with Crippen molar-refractivity contribution in [3.8, 4) is 0 Å². The summed E-state index contributed by atoms with van der Waals surface area (Å²) in [7, 11) is 0. The van der Waals surface area contributed by atoms with Crippen LogP contribution in [0.15, 0.2) is 48.9 Å². The Balaban J connectivity index is 1.43. The van der Waals surface area contributed by atoms with Gasteiger partial charge in [-0.05, 0) is 24.3 Å². The molecule has 3 heterocycles. The highest BCUT2D eigenvalue weighted by molar-refractivity contribution is 5.54. The van der Waals surface area contributed by atoms with Crippen LogP contribution in [-0.4, -0.2) is 51.3 Å². The van der Waals surface area contributed by atoms with Crippen LogP contribution >= 0.6 is 0 Å². The minimum absolute atomic E-state index is 0.321. The largest absolute Gasteiger partial charge is 0.352 e. The predicted molar refractivity (Wildman–Crippen MR) is 96.0 cm³/mol. The lowest BCUT2D eigenvalue weighted by Crippen LogP contribution is -2.47. The molecule has 1 aliphatic rings. The number of piperazine rings is 1. The standard InChI is InChI=1S/C17H17FN8/c18-13-3-1-4-14(11-13)22-16-23-15(12-21-24-16)25-7-9-26(10-8-25)17-19-5-2-6-20-17/h1-6,11-12H,7-10H2,(H,22,23,24). The van der Waals surface area contributed by atoms with Crippen molar-refractivity contribution in [3.05, 3.63) is 54.7 Å². The molecule has 1 saturated heterocycles. The summed E-state index contributed by atoms with van der Waals surface area (Å²) in [5.74, 6) is 1.48. The van der Waals surface area contributed by atoms with E-state index in [9.17, 15) is 4.39 Å². The van der Waals surface area contributed by atoms with Gasteiger partial charge in [0.15, 0.2) is 5.82 Å². The maximum atomic E-state index is 13.3. The second-order valence-corrected chi connectivity index (χ2v) is 5.80. The molecule has 1 aromatic carbocycles. The molecule has 1 N–H and O–H groups in total. The molecule has 4 rings (SSSR count). The van der Waals surface area contributed by atoms with Gasteiger partial charge in [-0.2, -0.15) is 10.1 Å². The first-order chi connectivity index (χ1) is 12.8. The van der Waals surface area contributed by atoms with Crippen LogP contribution in [0, 0.1) is 5.82 Å². The number of hydrogen-bond donors (Lipinski definition) is 1. The molecule has 0 atom stereocenters. The molecule has 2 aromatic heterocycles. The van der Waals surface area contributed by atoms with Gasteiger partial charge in [-0.1, -0.05) is 6.07 Å². The summed E-state index contributed by atoms with van der Waals surface area (Å²) < 4.78 is 13.3. The van der Waals surface area contributed by atoms with Crippen molar-refractivity contribution in [2.75, 3.05) is 41.3 Å². The Labute approximate surface area is 149 Å². The molecule has 1 fully saturated rings. The fourth-order valence-electron chi connectivity index (χ4n) is 2.79. The van der Waals surface area contributed by atoms with Gasteiger partial charge in [-0.25, -0.2) is 14.4 Å². The third kappa shape index (κ3) is 3.66. The van der Waals surface area contributed by atoms with Gasteiger partial charge < -0.3 is 15.1 Å². The Morgan fingerprint density at radius 3 is 2.50 bits per heavy atom. The molecule has 1 aliphatic heterocycles. The third-order valence-corrected chi connectivity index (χ3v) is 4.07. The molecule has 132 valence electrons. The van der Waals surface area contributed by atoms with E-state index in [0.717, 1.165) is 37.9 Å². The minimum Gasteiger partial charge on any atom is -0.352 e. The van der Waals surface area contributed by atoms with Crippen LogP contribution in [0.4, 0.5) is 27.8 Å². The van der Waals surface area contributed by atoms with Gasteiger partial charge >= 0.3 is 0 Å². The first-order valence-corrected chi connectivity index (χ1v) is 8.27. The quantitative estimate of drug-likeness (QED) is 0.762. The van der Waals surface area contributed by atoms with Gasteiger partial charge in [0.05, 0.1) is 6.20 Å². The second-order valence-electron chi connectivity index (χ2n) is 5.80. The number of nitrogens with one attached hydrogen (secondary N) is 1. The van der Waals surface area contributed by atoms with E-state index in [1.54, 1.807) is 36.8 Å². The first-order valence-electron chi connectivity index (χ1n) is 8.27. The van der Waals surface area contributed by atoms with Gasteiger partial charge in [0, 0.05) is 44.3 Å². The van der Waals surface area contributed by atoms with Gasteiger partial charge in [0.2, 0.25) is 11.9 Å². The number of benzene rings is 1. The summed E-state index contributed by atoms with van der Waals surface area (Å²) in [6.07, 6.45) is 5.12. The zero-order valence-electron chi connectivity index (χ0n) is 14.0. The molecule has 26 heavy (non-hydrogen) atoms. The van der Waals surface area contributed by atoms with E-state index in [0.29, 0.717) is 11.6 Å². The molecule has 8 nitrogen and oxygen atoms in total. The van der Waals surface area contributed by atoms with Gasteiger partial charge in [-0.3, -0.25) is 0 Å². The van der Waals surface area contributed by atoms with E-state index < -0.39 is 0 Å². The van der Waals surface area contributed by atoms with E-state index in [1.165, 1.54) is 12.1 Å². The molecule has 0 amide bonds. The SMILES string of the molecule is Fc1cccc(Nc2nncc(N3CCN(c4ncccn4)CC3)n2)c1. The van der Waals surface area contributed by atoms with Gasteiger partial charge in [0.1, 0.15) is 5.82 Å². The first kappa shape index (κ1) is 16.1. The lowest BCUT2D eigenvalue weighted by molar-refractivity contribution is 0.628. The average molecular weight is 352 g/mol. The van der Waals surface area contributed by atoms with Crippen LogP contribution in [0.3, 0.4) is 0 Å². The lowest BCUT2D eigenvalue weighted by atomic mass is 10.3. The highest BCUT2D eigenvalue weighted by Crippen LogP contribution is 2.18. The van der Waals surface area contributed by atoms with Crippen LogP contribution in [0.2, 0.25) is 0 Å². The topological polar surface area (TPSA) is 83.0 Å². The van der Waals surface area contributed by atoms with Crippen LogP contribution in [0.1, 0.15) is 0 Å². The van der Waals surface area contributed by atoms with Crippen LogP contribution in [0.25, 0.3) is 0 Å². The van der Waals surface area contributed by atoms with E-state index in [-0.39, 0.29) is 5.82 Å². The number of aromatic nitrogens is 5. The zero-order chi connectivity index (χ0) is 17.8. The van der Waals surface area contributed by atoms with Crippen molar-refractivity contribution in [2.24, 2.45) is 0 Å². The van der Waals surface area contributed by atoms with Crippen LogP contribution in [-0.2, 0) is 0 Å². The Bertz CT molecular complexity index is 867. The van der Waals surface area contributed by atoms with Gasteiger partial charge in [0.25, 0.3) is 0 Å². The summed E-state index contributed by atoms with van der Waals surface area (Å²) in [6, 6.07) is 7.95. The highest BCUT2D eigenvalue weighted by Gasteiger charge is 2.20. The number of anilines is 4. The summed E-state index contributed by atoms with van der Waals surface area (Å²) in [4.78, 5) is 17.3. The van der Waals surface area contributed by atoms with Crippen molar-refractivity contribution in [1.82, 2.24) is 25.1 Å². The molecule has 0 unspecified atom stereocenters. The Morgan fingerprint density at radius 1 is 0.962 bits per heavy atom. The zero-order valence-corrected chi connectivity index (χ0v) is 14.0. The van der Waals surface area contributed by atoms with E-state index in [1.807, 2.05) is 0 Å². The molecular formula is C17H17FN8. The molecule has 0 saturated carbocycles. The maximum absolute atomic E-state index is 13.3.